The number of aliphatic hydroxyl groups is 1. The molecule has 3 atom stereocenters. The number of amides is 1. The largest absolute Gasteiger partial charge is 0.461 e. The van der Waals surface area contributed by atoms with Crippen LogP contribution < -0.4 is 5.32 Å². The lowest BCUT2D eigenvalue weighted by atomic mass is 10.1. The molecule has 0 radical (unpaired) electrons. The Balaban J connectivity index is 1.33. The van der Waals surface area contributed by atoms with Gasteiger partial charge in [-0.15, -0.1) is 0 Å². The molecule has 1 unspecified atom stereocenters. The molecule has 1 fully saturated rings. The first-order valence-corrected chi connectivity index (χ1v) is 9.07. The van der Waals surface area contributed by atoms with E-state index in [0.717, 1.165) is 11.0 Å². The first kappa shape index (κ1) is 17.1. The number of benzene rings is 1. The van der Waals surface area contributed by atoms with Crippen LogP contribution in [0.25, 0.3) is 11.0 Å². The third-order valence-electron chi connectivity index (χ3n) is 4.83. The predicted molar refractivity (Wildman–Crippen MR) is 97.8 cm³/mol. The Hall–Kier alpha value is -2.31. The van der Waals surface area contributed by atoms with E-state index in [-0.39, 0.29) is 24.3 Å². The molecule has 0 spiro atoms. The quantitative estimate of drug-likeness (QED) is 0.720. The van der Waals surface area contributed by atoms with Crippen LogP contribution in [0, 0.1) is 5.92 Å². The molecule has 1 aliphatic rings. The lowest BCUT2D eigenvalue weighted by Crippen LogP contribution is -2.40. The summed E-state index contributed by atoms with van der Waals surface area (Å²) in [4.78, 5) is 12.3. The van der Waals surface area contributed by atoms with Crippen molar-refractivity contribution in [2.24, 2.45) is 5.92 Å². The highest BCUT2D eigenvalue weighted by Gasteiger charge is 2.34. The minimum absolute atomic E-state index is 0.143. The maximum Gasteiger partial charge on any atom is 0.227 e. The lowest BCUT2D eigenvalue weighted by molar-refractivity contribution is -0.122. The SMILES string of the molecule is O=C(Cc1cc2ccccc2o1)N[C@@H]1CC(Cn2cc(Cl)cn2)C[C@H]1O. The smallest absolute Gasteiger partial charge is 0.227 e. The number of furan rings is 1. The van der Waals surface area contributed by atoms with E-state index in [4.69, 9.17) is 16.0 Å². The van der Waals surface area contributed by atoms with Crippen LogP contribution in [0.15, 0.2) is 47.1 Å². The Labute approximate surface area is 155 Å². The van der Waals surface area contributed by atoms with Gasteiger partial charge in [0.2, 0.25) is 5.91 Å². The van der Waals surface area contributed by atoms with Crippen LogP contribution >= 0.6 is 11.6 Å². The van der Waals surface area contributed by atoms with E-state index in [0.29, 0.717) is 30.2 Å². The van der Waals surface area contributed by atoms with Gasteiger partial charge in [-0.25, -0.2) is 0 Å². The topological polar surface area (TPSA) is 80.3 Å². The van der Waals surface area contributed by atoms with Gasteiger partial charge in [-0.3, -0.25) is 9.48 Å². The van der Waals surface area contributed by atoms with Gasteiger partial charge in [0.05, 0.1) is 29.8 Å². The van der Waals surface area contributed by atoms with Crippen molar-refractivity contribution in [2.75, 3.05) is 0 Å². The van der Waals surface area contributed by atoms with Crippen molar-refractivity contribution in [3.05, 3.63) is 53.5 Å². The summed E-state index contributed by atoms with van der Waals surface area (Å²) >= 11 is 5.88. The van der Waals surface area contributed by atoms with Gasteiger partial charge in [-0.05, 0) is 30.9 Å². The highest BCUT2D eigenvalue weighted by Crippen LogP contribution is 2.28. The zero-order chi connectivity index (χ0) is 18.1. The first-order valence-electron chi connectivity index (χ1n) is 8.69. The van der Waals surface area contributed by atoms with Gasteiger partial charge in [0.25, 0.3) is 0 Å². The molecule has 1 amide bonds. The summed E-state index contributed by atoms with van der Waals surface area (Å²) in [5.41, 5.74) is 0.772. The Kier molecular flexibility index (Phi) is 4.70. The number of halogens is 1. The fourth-order valence-electron chi connectivity index (χ4n) is 3.67. The molecule has 0 aliphatic heterocycles. The molecule has 6 nitrogen and oxygen atoms in total. The normalized spacial score (nSPS) is 22.8. The zero-order valence-corrected chi connectivity index (χ0v) is 14.9. The van der Waals surface area contributed by atoms with Gasteiger partial charge in [-0.2, -0.15) is 5.10 Å². The van der Waals surface area contributed by atoms with Crippen LogP contribution in [-0.4, -0.2) is 32.9 Å². The molecule has 136 valence electrons. The number of nitrogens with zero attached hydrogens (tertiary/aromatic N) is 2. The average Bonchev–Trinajstić information content (AvgIpc) is 3.27. The Morgan fingerprint density at radius 2 is 2.23 bits per heavy atom. The van der Waals surface area contributed by atoms with Crippen molar-refractivity contribution in [1.29, 1.82) is 0 Å². The van der Waals surface area contributed by atoms with Gasteiger partial charge in [0.1, 0.15) is 11.3 Å². The number of aromatic nitrogens is 2. The molecule has 1 saturated carbocycles. The lowest BCUT2D eigenvalue weighted by Gasteiger charge is -2.16. The van der Waals surface area contributed by atoms with Crippen molar-refractivity contribution in [2.45, 2.75) is 38.0 Å². The van der Waals surface area contributed by atoms with E-state index in [1.165, 1.54) is 0 Å². The van der Waals surface area contributed by atoms with E-state index < -0.39 is 6.10 Å². The summed E-state index contributed by atoms with van der Waals surface area (Å²) in [5, 5.41) is 19.0. The third kappa shape index (κ3) is 3.76. The van der Waals surface area contributed by atoms with Crippen molar-refractivity contribution >= 4 is 28.5 Å². The van der Waals surface area contributed by atoms with Crippen molar-refractivity contribution in [3.63, 3.8) is 0 Å². The minimum atomic E-state index is -0.550. The Morgan fingerprint density at radius 1 is 1.38 bits per heavy atom. The van der Waals surface area contributed by atoms with E-state index in [1.54, 1.807) is 17.1 Å². The predicted octanol–water partition coefficient (Wildman–Crippen LogP) is 2.78. The highest BCUT2D eigenvalue weighted by atomic mass is 35.5. The molecule has 2 heterocycles. The molecule has 2 N–H and O–H groups in total. The van der Waals surface area contributed by atoms with Gasteiger partial charge < -0.3 is 14.8 Å². The number of carbonyl (C=O) groups is 1. The highest BCUT2D eigenvalue weighted by molar-refractivity contribution is 6.30. The third-order valence-corrected chi connectivity index (χ3v) is 5.03. The molecular weight excluding hydrogens is 354 g/mol. The second-order valence-electron chi connectivity index (χ2n) is 6.89. The van der Waals surface area contributed by atoms with Crippen LogP contribution in [0.3, 0.4) is 0 Å². The molecule has 0 saturated heterocycles. The minimum Gasteiger partial charge on any atom is -0.461 e. The molecule has 1 aromatic carbocycles. The van der Waals surface area contributed by atoms with Crippen molar-refractivity contribution < 1.29 is 14.3 Å². The standard InChI is InChI=1S/C19H20ClN3O3/c20-14-9-21-23(11-14)10-12-5-16(17(24)6-12)22-19(25)8-15-7-13-3-1-2-4-18(13)26-15/h1-4,7,9,11-12,16-17,24H,5-6,8,10H2,(H,22,25)/t12?,16-,17-/m1/s1. The van der Waals surface area contributed by atoms with Crippen LogP contribution in [0.5, 0.6) is 0 Å². The summed E-state index contributed by atoms with van der Waals surface area (Å²) in [6.07, 6.45) is 4.32. The molecule has 0 bridgehead atoms. The maximum absolute atomic E-state index is 12.3. The molecular formula is C19H20ClN3O3. The van der Waals surface area contributed by atoms with Crippen LogP contribution in [-0.2, 0) is 17.8 Å². The summed E-state index contributed by atoms with van der Waals surface area (Å²) in [6, 6.07) is 9.30. The van der Waals surface area contributed by atoms with E-state index in [9.17, 15) is 9.90 Å². The number of fused-ring (bicyclic) bond motifs is 1. The summed E-state index contributed by atoms with van der Waals surface area (Å²) < 4.78 is 7.46. The molecule has 1 aliphatic carbocycles. The molecule has 7 heteroatoms. The summed E-state index contributed by atoms with van der Waals surface area (Å²) in [5.74, 6) is 0.729. The fraction of sp³-hybridized carbons (Fsp3) is 0.368. The van der Waals surface area contributed by atoms with Gasteiger partial charge in [-0.1, -0.05) is 29.8 Å². The summed E-state index contributed by atoms with van der Waals surface area (Å²) in [6.45, 7) is 0.680. The number of aliphatic hydroxyl groups excluding tert-OH is 1. The second-order valence-corrected chi connectivity index (χ2v) is 7.32. The molecule has 26 heavy (non-hydrogen) atoms. The zero-order valence-electron chi connectivity index (χ0n) is 14.1. The van der Waals surface area contributed by atoms with Gasteiger partial charge in [0, 0.05) is 18.1 Å². The monoisotopic (exact) mass is 373 g/mol. The number of nitrogens with one attached hydrogen (secondary N) is 1. The van der Waals surface area contributed by atoms with Gasteiger partial charge >= 0.3 is 0 Å². The Bertz CT molecular complexity index is 887. The first-order chi connectivity index (χ1) is 12.6. The fourth-order valence-corrected chi connectivity index (χ4v) is 3.82. The number of para-hydroxylation sites is 1. The van der Waals surface area contributed by atoms with E-state index in [1.807, 2.05) is 30.3 Å². The van der Waals surface area contributed by atoms with E-state index in [2.05, 4.69) is 10.4 Å². The molecule has 3 aromatic rings. The van der Waals surface area contributed by atoms with Crippen molar-refractivity contribution in [3.8, 4) is 0 Å². The number of hydrogen-bond acceptors (Lipinski definition) is 4. The molecule has 2 aromatic heterocycles. The van der Waals surface area contributed by atoms with Crippen molar-refractivity contribution in [1.82, 2.24) is 15.1 Å². The average molecular weight is 374 g/mol. The van der Waals surface area contributed by atoms with Crippen LogP contribution in [0.2, 0.25) is 5.02 Å². The van der Waals surface area contributed by atoms with Gasteiger partial charge in [0.15, 0.2) is 0 Å². The number of hydrogen-bond donors (Lipinski definition) is 2. The maximum atomic E-state index is 12.3. The Morgan fingerprint density at radius 3 is 3.00 bits per heavy atom. The number of carbonyl (C=O) groups excluding carboxylic acids is 1. The van der Waals surface area contributed by atoms with Crippen LogP contribution in [0.1, 0.15) is 18.6 Å². The molecule has 4 rings (SSSR count). The second kappa shape index (κ2) is 7.13. The van der Waals surface area contributed by atoms with E-state index >= 15 is 0 Å². The summed E-state index contributed by atoms with van der Waals surface area (Å²) in [7, 11) is 0. The van der Waals surface area contributed by atoms with Crippen LogP contribution in [0.4, 0.5) is 0 Å². The number of rotatable bonds is 5.